The Labute approximate surface area is 101 Å². The summed E-state index contributed by atoms with van der Waals surface area (Å²) in [6.45, 7) is 8.52. The number of nitrogens with one attached hydrogen (secondary N) is 2. The van der Waals surface area contributed by atoms with E-state index in [1.807, 2.05) is 0 Å². The van der Waals surface area contributed by atoms with Gasteiger partial charge in [0, 0.05) is 6.04 Å². The van der Waals surface area contributed by atoms with Crippen molar-refractivity contribution in [3.8, 4) is 0 Å². The van der Waals surface area contributed by atoms with Crippen molar-refractivity contribution in [2.45, 2.75) is 58.4 Å². The molecule has 2 N–H and O–H groups in total. The molecule has 94 valence electrons. The highest BCUT2D eigenvalue weighted by molar-refractivity contribution is 4.88. The second-order valence-corrected chi connectivity index (χ2v) is 6.34. The summed E-state index contributed by atoms with van der Waals surface area (Å²) in [7, 11) is 0. The lowest BCUT2D eigenvalue weighted by atomic mass is 9.84. The molecule has 0 aromatic heterocycles. The fourth-order valence-electron chi connectivity index (χ4n) is 2.89. The third-order valence-electron chi connectivity index (χ3n) is 4.46. The van der Waals surface area contributed by atoms with Crippen molar-refractivity contribution in [2.75, 3.05) is 19.6 Å². The summed E-state index contributed by atoms with van der Waals surface area (Å²) in [6.07, 6.45) is 8.30. The van der Waals surface area contributed by atoms with E-state index in [0.29, 0.717) is 5.41 Å². The van der Waals surface area contributed by atoms with Crippen molar-refractivity contribution in [1.29, 1.82) is 0 Å². The van der Waals surface area contributed by atoms with Gasteiger partial charge in [0.05, 0.1) is 0 Å². The van der Waals surface area contributed by atoms with E-state index in [0.717, 1.165) is 12.0 Å². The van der Waals surface area contributed by atoms with Gasteiger partial charge in [0.25, 0.3) is 0 Å². The van der Waals surface area contributed by atoms with Gasteiger partial charge in [0.2, 0.25) is 0 Å². The lowest BCUT2D eigenvalue weighted by Gasteiger charge is -2.26. The highest BCUT2D eigenvalue weighted by atomic mass is 14.9. The Hall–Kier alpha value is -0.0800. The van der Waals surface area contributed by atoms with E-state index < -0.39 is 0 Å². The molecular weight excluding hydrogens is 196 g/mol. The molecule has 16 heavy (non-hydrogen) atoms. The van der Waals surface area contributed by atoms with Crippen LogP contribution >= 0.6 is 0 Å². The van der Waals surface area contributed by atoms with E-state index in [1.165, 1.54) is 58.2 Å². The van der Waals surface area contributed by atoms with Crippen LogP contribution < -0.4 is 10.6 Å². The normalized spacial score (nSPS) is 27.8. The van der Waals surface area contributed by atoms with Crippen LogP contribution in [-0.2, 0) is 0 Å². The maximum absolute atomic E-state index is 3.76. The highest BCUT2D eigenvalue weighted by Gasteiger charge is 2.36. The average molecular weight is 224 g/mol. The molecule has 2 fully saturated rings. The lowest BCUT2D eigenvalue weighted by Crippen LogP contribution is -2.33. The molecule has 0 aromatic rings. The van der Waals surface area contributed by atoms with Gasteiger partial charge in [-0.25, -0.2) is 0 Å². The van der Waals surface area contributed by atoms with Crippen molar-refractivity contribution in [3.63, 3.8) is 0 Å². The van der Waals surface area contributed by atoms with Crippen LogP contribution in [0.3, 0.4) is 0 Å². The van der Waals surface area contributed by atoms with Gasteiger partial charge in [-0.15, -0.1) is 0 Å². The lowest BCUT2D eigenvalue weighted by molar-refractivity contribution is 0.271. The predicted octanol–water partition coefficient (Wildman–Crippen LogP) is 2.54. The van der Waals surface area contributed by atoms with Crippen LogP contribution in [0.15, 0.2) is 0 Å². The van der Waals surface area contributed by atoms with Gasteiger partial charge in [-0.2, -0.15) is 0 Å². The van der Waals surface area contributed by atoms with Gasteiger partial charge in [-0.3, -0.25) is 0 Å². The van der Waals surface area contributed by atoms with Gasteiger partial charge < -0.3 is 10.6 Å². The van der Waals surface area contributed by atoms with Crippen molar-refractivity contribution < 1.29 is 0 Å². The van der Waals surface area contributed by atoms with Gasteiger partial charge in [0.1, 0.15) is 0 Å². The summed E-state index contributed by atoms with van der Waals surface area (Å²) in [6, 6.07) is 0.769. The Morgan fingerprint density at radius 2 is 1.94 bits per heavy atom. The molecule has 1 heterocycles. The summed E-state index contributed by atoms with van der Waals surface area (Å²) in [4.78, 5) is 0. The van der Waals surface area contributed by atoms with E-state index in [9.17, 15) is 0 Å². The molecule has 2 aliphatic rings. The molecule has 1 saturated heterocycles. The zero-order valence-corrected chi connectivity index (χ0v) is 11.0. The standard InChI is InChI=1S/C14H28N2/c1-14(2,12-5-6-12)8-11-16-13-4-3-9-15-10-7-13/h12-13,15-16H,3-11H2,1-2H3. The van der Waals surface area contributed by atoms with Crippen molar-refractivity contribution in [2.24, 2.45) is 11.3 Å². The topological polar surface area (TPSA) is 24.1 Å². The summed E-state index contributed by atoms with van der Waals surface area (Å²) in [5.41, 5.74) is 0.579. The van der Waals surface area contributed by atoms with Crippen LogP contribution in [0.25, 0.3) is 0 Å². The van der Waals surface area contributed by atoms with Crippen molar-refractivity contribution in [3.05, 3.63) is 0 Å². The minimum absolute atomic E-state index is 0.579. The second kappa shape index (κ2) is 5.50. The van der Waals surface area contributed by atoms with Gasteiger partial charge >= 0.3 is 0 Å². The molecule has 1 unspecified atom stereocenters. The van der Waals surface area contributed by atoms with Crippen LogP contribution in [0.2, 0.25) is 0 Å². The first-order chi connectivity index (χ1) is 7.68. The zero-order chi connectivity index (χ0) is 11.4. The molecule has 1 saturated carbocycles. The Kier molecular flexibility index (Phi) is 4.26. The zero-order valence-electron chi connectivity index (χ0n) is 11.0. The minimum Gasteiger partial charge on any atom is -0.317 e. The van der Waals surface area contributed by atoms with E-state index in [-0.39, 0.29) is 0 Å². The molecule has 0 amide bonds. The Morgan fingerprint density at radius 1 is 1.12 bits per heavy atom. The van der Waals surface area contributed by atoms with Gasteiger partial charge in [-0.1, -0.05) is 13.8 Å². The molecule has 1 aliphatic carbocycles. The van der Waals surface area contributed by atoms with Crippen LogP contribution in [0, 0.1) is 11.3 Å². The molecule has 0 bridgehead atoms. The molecule has 2 rings (SSSR count). The van der Waals surface area contributed by atoms with Crippen LogP contribution in [0.4, 0.5) is 0 Å². The van der Waals surface area contributed by atoms with E-state index in [2.05, 4.69) is 24.5 Å². The largest absolute Gasteiger partial charge is 0.317 e. The van der Waals surface area contributed by atoms with Gasteiger partial charge in [-0.05, 0) is 69.5 Å². The van der Waals surface area contributed by atoms with E-state index >= 15 is 0 Å². The molecule has 2 nitrogen and oxygen atoms in total. The average Bonchev–Trinajstić information content (AvgIpc) is 3.06. The Balaban J connectivity index is 1.62. The minimum atomic E-state index is 0.579. The van der Waals surface area contributed by atoms with Crippen molar-refractivity contribution >= 4 is 0 Å². The van der Waals surface area contributed by atoms with Gasteiger partial charge in [0.15, 0.2) is 0 Å². The molecular formula is C14H28N2. The Morgan fingerprint density at radius 3 is 2.69 bits per heavy atom. The molecule has 2 heteroatoms. The number of hydrogen-bond acceptors (Lipinski definition) is 2. The molecule has 0 spiro atoms. The smallest absolute Gasteiger partial charge is 0.00796 e. The highest BCUT2D eigenvalue weighted by Crippen LogP contribution is 2.46. The number of hydrogen-bond donors (Lipinski definition) is 2. The first-order valence-corrected chi connectivity index (χ1v) is 7.12. The van der Waals surface area contributed by atoms with E-state index in [4.69, 9.17) is 0 Å². The van der Waals surface area contributed by atoms with Crippen LogP contribution in [-0.4, -0.2) is 25.7 Å². The first-order valence-electron chi connectivity index (χ1n) is 7.12. The SMILES string of the molecule is CC(C)(CCNC1CCCNCC1)C1CC1. The summed E-state index contributed by atoms with van der Waals surface area (Å²) in [5, 5.41) is 7.23. The fraction of sp³-hybridized carbons (Fsp3) is 1.00. The molecule has 1 aliphatic heterocycles. The Bertz CT molecular complexity index is 201. The number of rotatable bonds is 5. The van der Waals surface area contributed by atoms with E-state index in [1.54, 1.807) is 0 Å². The van der Waals surface area contributed by atoms with Crippen LogP contribution in [0.5, 0.6) is 0 Å². The van der Waals surface area contributed by atoms with Crippen LogP contribution in [0.1, 0.15) is 52.4 Å². The van der Waals surface area contributed by atoms with Crippen molar-refractivity contribution in [1.82, 2.24) is 10.6 Å². The molecule has 1 atom stereocenters. The second-order valence-electron chi connectivity index (χ2n) is 6.34. The monoisotopic (exact) mass is 224 g/mol. The quantitative estimate of drug-likeness (QED) is 0.750. The molecule has 0 aromatic carbocycles. The third kappa shape index (κ3) is 3.74. The maximum Gasteiger partial charge on any atom is 0.00796 e. The predicted molar refractivity (Wildman–Crippen MR) is 69.6 cm³/mol. The summed E-state index contributed by atoms with van der Waals surface area (Å²) < 4.78 is 0. The maximum atomic E-state index is 3.76. The fourth-order valence-corrected chi connectivity index (χ4v) is 2.89. The summed E-state index contributed by atoms with van der Waals surface area (Å²) in [5.74, 6) is 1.02. The summed E-state index contributed by atoms with van der Waals surface area (Å²) >= 11 is 0. The molecule has 0 radical (unpaired) electrons. The first kappa shape index (κ1) is 12.4. The third-order valence-corrected chi connectivity index (χ3v) is 4.46.